The standard InChI is InChI=1S/C10H14FN3/c1-7(12)3-2-4-8-5-9(11)10(13)14-6-8/h2,4-7H,3,12H2,1H3,(H2,13,14)/b4-2+/t7-/m0/s1. The van der Waals surface area contributed by atoms with E-state index in [2.05, 4.69) is 4.98 Å². The third-order valence-corrected chi connectivity index (χ3v) is 1.71. The SMILES string of the molecule is C[C@H](N)C/C=C/c1cnc(N)c(F)c1. The molecule has 1 aromatic heterocycles. The first-order valence-electron chi connectivity index (χ1n) is 4.42. The summed E-state index contributed by atoms with van der Waals surface area (Å²) >= 11 is 0. The van der Waals surface area contributed by atoms with Gasteiger partial charge < -0.3 is 11.5 Å². The van der Waals surface area contributed by atoms with Crippen molar-refractivity contribution in [1.29, 1.82) is 0 Å². The molecule has 76 valence electrons. The number of aromatic nitrogens is 1. The fourth-order valence-corrected chi connectivity index (χ4v) is 0.973. The van der Waals surface area contributed by atoms with Gasteiger partial charge in [0.15, 0.2) is 11.6 Å². The van der Waals surface area contributed by atoms with Gasteiger partial charge in [0.2, 0.25) is 0 Å². The molecular formula is C10H14FN3. The maximum absolute atomic E-state index is 12.9. The van der Waals surface area contributed by atoms with Gasteiger partial charge in [0.25, 0.3) is 0 Å². The number of rotatable bonds is 3. The second-order valence-electron chi connectivity index (χ2n) is 3.25. The van der Waals surface area contributed by atoms with Crippen LogP contribution in [0.3, 0.4) is 0 Å². The molecule has 0 amide bonds. The van der Waals surface area contributed by atoms with Gasteiger partial charge in [0, 0.05) is 12.2 Å². The molecule has 1 heterocycles. The van der Waals surface area contributed by atoms with Crippen molar-refractivity contribution in [3.05, 3.63) is 29.7 Å². The predicted octanol–water partition coefficient (Wildman–Crippen LogP) is 1.55. The Morgan fingerprint density at radius 2 is 2.36 bits per heavy atom. The van der Waals surface area contributed by atoms with Crippen molar-refractivity contribution in [2.24, 2.45) is 5.73 Å². The third-order valence-electron chi connectivity index (χ3n) is 1.71. The van der Waals surface area contributed by atoms with Crippen LogP contribution in [-0.4, -0.2) is 11.0 Å². The molecule has 0 saturated carbocycles. The Hall–Kier alpha value is -1.42. The van der Waals surface area contributed by atoms with Crippen LogP contribution < -0.4 is 11.5 Å². The number of hydrogen-bond donors (Lipinski definition) is 2. The summed E-state index contributed by atoms with van der Waals surface area (Å²) in [6.07, 6.45) is 5.94. The lowest BCUT2D eigenvalue weighted by atomic mass is 10.2. The minimum Gasteiger partial charge on any atom is -0.381 e. The highest BCUT2D eigenvalue weighted by Gasteiger charge is 1.98. The molecule has 1 aromatic rings. The Bertz CT molecular complexity index is 334. The molecule has 1 atom stereocenters. The zero-order valence-corrected chi connectivity index (χ0v) is 8.07. The van der Waals surface area contributed by atoms with Crippen molar-refractivity contribution in [2.45, 2.75) is 19.4 Å². The fourth-order valence-electron chi connectivity index (χ4n) is 0.973. The number of hydrogen-bond acceptors (Lipinski definition) is 3. The van der Waals surface area contributed by atoms with E-state index in [1.807, 2.05) is 13.0 Å². The van der Waals surface area contributed by atoms with Gasteiger partial charge in [0.05, 0.1) is 0 Å². The number of nitrogens with zero attached hydrogens (tertiary/aromatic N) is 1. The molecule has 0 bridgehead atoms. The molecular weight excluding hydrogens is 181 g/mol. The molecule has 0 radical (unpaired) electrons. The lowest BCUT2D eigenvalue weighted by Gasteiger charge is -1.99. The summed E-state index contributed by atoms with van der Waals surface area (Å²) in [5, 5.41) is 0. The van der Waals surface area contributed by atoms with Crippen molar-refractivity contribution in [1.82, 2.24) is 4.98 Å². The van der Waals surface area contributed by atoms with Crippen LogP contribution in [0.15, 0.2) is 18.3 Å². The summed E-state index contributed by atoms with van der Waals surface area (Å²) in [4.78, 5) is 3.70. The van der Waals surface area contributed by atoms with E-state index in [0.717, 1.165) is 6.42 Å². The largest absolute Gasteiger partial charge is 0.381 e. The molecule has 0 saturated heterocycles. The van der Waals surface area contributed by atoms with Crippen molar-refractivity contribution >= 4 is 11.9 Å². The second-order valence-corrected chi connectivity index (χ2v) is 3.25. The van der Waals surface area contributed by atoms with Gasteiger partial charge in [0.1, 0.15) is 0 Å². The lowest BCUT2D eigenvalue weighted by molar-refractivity contribution is 0.627. The van der Waals surface area contributed by atoms with E-state index in [1.54, 1.807) is 6.08 Å². The van der Waals surface area contributed by atoms with Gasteiger partial charge in [-0.25, -0.2) is 9.37 Å². The normalized spacial score (nSPS) is 13.4. The minimum absolute atomic E-state index is 0.0747. The van der Waals surface area contributed by atoms with E-state index < -0.39 is 5.82 Å². The summed E-state index contributed by atoms with van der Waals surface area (Å²) in [5.41, 5.74) is 11.5. The molecule has 4 heteroatoms. The molecule has 0 unspecified atom stereocenters. The molecule has 0 spiro atoms. The van der Waals surface area contributed by atoms with Crippen LogP contribution in [0.5, 0.6) is 0 Å². The van der Waals surface area contributed by atoms with Crippen LogP contribution >= 0.6 is 0 Å². The van der Waals surface area contributed by atoms with E-state index in [1.165, 1.54) is 12.3 Å². The van der Waals surface area contributed by atoms with Gasteiger partial charge in [-0.2, -0.15) is 0 Å². The molecule has 0 aliphatic heterocycles. The number of anilines is 1. The Morgan fingerprint density at radius 1 is 1.64 bits per heavy atom. The van der Waals surface area contributed by atoms with Crippen LogP contribution in [0.1, 0.15) is 18.9 Å². The van der Waals surface area contributed by atoms with E-state index in [-0.39, 0.29) is 11.9 Å². The van der Waals surface area contributed by atoms with Crippen LogP contribution in [-0.2, 0) is 0 Å². The topological polar surface area (TPSA) is 64.9 Å². The highest BCUT2D eigenvalue weighted by Crippen LogP contribution is 2.09. The number of pyridine rings is 1. The second kappa shape index (κ2) is 4.72. The molecule has 4 N–H and O–H groups in total. The highest BCUT2D eigenvalue weighted by molar-refractivity contribution is 5.50. The van der Waals surface area contributed by atoms with E-state index in [0.29, 0.717) is 5.56 Å². The zero-order chi connectivity index (χ0) is 10.6. The van der Waals surface area contributed by atoms with Crippen molar-refractivity contribution in [3.63, 3.8) is 0 Å². The minimum atomic E-state index is -0.493. The summed E-state index contributed by atoms with van der Waals surface area (Å²) in [6, 6.07) is 1.46. The maximum atomic E-state index is 12.9. The van der Waals surface area contributed by atoms with Gasteiger partial charge >= 0.3 is 0 Å². The van der Waals surface area contributed by atoms with Crippen molar-refractivity contribution in [2.75, 3.05) is 5.73 Å². The van der Waals surface area contributed by atoms with Crippen LogP contribution in [0, 0.1) is 5.82 Å². The molecule has 0 aromatic carbocycles. The Balaban J connectivity index is 2.68. The van der Waals surface area contributed by atoms with Gasteiger partial charge in [-0.1, -0.05) is 12.2 Å². The van der Waals surface area contributed by atoms with E-state index in [9.17, 15) is 4.39 Å². The molecule has 3 nitrogen and oxygen atoms in total. The third kappa shape index (κ3) is 3.14. The monoisotopic (exact) mass is 195 g/mol. The average Bonchev–Trinajstić information content (AvgIpc) is 2.10. The molecule has 1 rings (SSSR count). The Kier molecular flexibility index (Phi) is 3.59. The summed E-state index contributed by atoms with van der Waals surface area (Å²) in [7, 11) is 0. The molecule has 0 aliphatic carbocycles. The highest BCUT2D eigenvalue weighted by atomic mass is 19.1. The first-order valence-corrected chi connectivity index (χ1v) is 4.42. The molecule has 14 heavy (non-hydrogen) atoms. The first-order chi connectivity index (χ1) is 6.59. The smallest absolute Gasteiger partial charge is 0.165 e. The quantitative estimate of drug-likeness (QED) is 0.769. The number of halogens is 1. The van der Waals surface area contributed by atoms with Gasteiger partial charge in [-0.15, -0.1) is 0 Å². The Morgan fingerprint density at radius 3 is 2.93 bits per heavy atom. The summed E-state index contributed by atoms with van der Waals surface area (Å²) < 4.78 is 12.9. The van der Waals surface area contributed by atoms with Crippen LogP contribution in [0.2, 0.25) is 0 Å². The number of nitrogen functional groups attached to an aromatic ring is 1. The predicted molar refractivity (Wildman–Crippen MR) is 55.9 cm³/mol. The van der Waals surface area contributed by atoms with Crippen LogP contribution in [0.4, 0.5) is 10.2 Å². The van der Waals surface area contributed by atoms with E-state index in [4.69, 9.17) is 11.5 Å². The fraction of sp³-hybridized carbons (Fsp3) is 0.300. The Labute approximate surface area is 82.6 Å². The van der Waals surface area contributed by atoms with Gasteiger partial charge in [-0.05, 0) is 25.0 Å². The maximum Gasteiger partial charge on any atom is 0.165 e. The zero-order valence-electron chi connectivity index (χ0n) is 8.07. The summed E-state index contributed by atoms with van der Waals surface area (Å²) in [5.74, 6) is -0.567. The average molecular weight is 195 g/mol. The molecule has 0 aliphatic rings. The molecule has 0 fully saturated rings. The first kappa shape index (κ1) is 10.7. The lowest BCUT2D eigenvalue weighted by Crippen LogP contribution is -2.12. The van der Waals surface area contributed by atoms with E-state index >= 15 is 0 Å². The van der Waals surface area contributed by atoms with Crippen LogP contribution in [0.25, 0.3) is 6.08 Å². The number of nitrogens with two attached hydrogens (primary N) is 2. The van der Waals surface area contributed by atoms with Gasteiger partial charge in [-0.3, -0.25) is 0 Å². The van der Waals surface area contributed by atoms with Crippen molar-refractivity contribution < 1.29 is 4.39 Å². The summed E-state index contributed by atoms with van der Waals surface area (Å²) in [6.45, 7) is 1.91. The van der Waals surface area contributed by atoms with Crippen molar-refractivity contribution in [3.8, 4) is 0 Å².